The van der Waals surface area contributed by atoms with E-state index in [-0.39, 0.29) is 17.5 Å². The third kappa shape index (κ3) is 7.01. The van der Waals surface area contributed by atoms with Crippen molar-refractivity contribution in [2.24, 2.45) is 0 Å². The quantitative estimate of drug-likeness (QED) is 0.418. The van der Waals surface area contributed by atoms with Crippen LogP contribution in [0, 0.1) is 13.8 Å². The molecule has 0 saturated carbocycles. The maximum absolute atomic E-state index is 12.8. The first-order chi connectivity index (χ1) is 17.0. The average molecular weight is 506 g/mol. The monoisotopic (exact) mass is 505 g/mol. The lowest BCUT2D eigenvalue weighted by Crippen LogP contribution is -2.49. The highest BCUT2D eigenvalue weighted by atomic mass is 19.4. The molecule has 1 atom stereocenters. The molecule has 36 heavy (non-hydrogen) atoms. The summed E-state index contributed by atoms with van der Waals surface area (Å²) in [6, 6.07) is 8.84. The lowest BCUT2D eigenvalue weighted by Gasteiger charge is -2.39. The van der Waals surface area contributed by atoms with Crippen molar-refractivity contribution in [3.63, 3.8) is 0 Å². The number of benzene rings is 2. The Morgan fingerprint density at radius 3 is 2.19 bits per heavy atom. The minimum absolute atomic E-state index is 0.182. The van der Waals surface area contributed by atoms with E-state index < -0.39 is 11.7 Å². The molecule has 2 aromatic rings. The Balaban J connectivity index is 1.55. The van der Waals surface area contributed by atoms with Crippen molar-refractivity contribution in [2.75, 3.05) is 53.4 Å². The average Bonchev–Trinajstić information content (AvgIpc) is 2.85. The molecule has 198 valence electrons. The fraction of sp³-hybridized carbons (Fsp3) is 0.536. The van der Waals surface area contributed by atoms with Gasteiger partial charge in [0.15, 0.2) is 0 Å². The van der Waals surface area contributed by atoms with Gasteiger partial charge in [0.05, 0.1) is 12.2 Å². The fourth-order valence-corrected chi connectivity index (χ4v) is 4.63. The van der Waals surface area contributed by atoms with Gasteiger partial charge in [0.1, 0.15) is 5.75 Å². The molecule has 0 bridgehead atoms. The number of ether oxygens (including phenoxy) is 1. The second-order valence-corrected chi connectivity index (χ2v) is 9.84. The zero-order valence-electron chi connectivity index (χ0n) is 22.0. The van der Waals surface area contributed by atoms with E-state index >= 15 is 0 Å². The molecule has 1 heterocycles. The summed E-state index contributed by atoms with van der Waals surface area (Å²) < 4.78 is 44.5. The highest BCUT2D eigenvalue weighted by molar-refractivity contribution is 5.94. The largest absolute Gasteiger partial charge is 0.493 e. The van der Waals surface area contributed by atoms with Crippen LogP contribution in [-0.4, -0.2) is 74.0 Å². The number of carbonyl (C=O) groups is 1. The summed E-state index contributed by atoms with van der Waals surface area (Å²) in [6.07, 6.45) is -2.28. The predicted octanol–water partition coefficient (Wildman–Crippen LogP) is 5.56. The van der Waals surface area contributed by atoms with Gasteiger partial charge in [-0.15, -0.1) is 0 Å². The van der Waals surface area contributed by atoms with Gasteiger partial charge in [0.2, 0.25) is 0 Å². The van der Waals surface area contributed by atoms with Crippen molar-refractivity contribution in [3.05, 3.63) is 64.2 Å². The van der Waals surface area contributed by atoms with Crippen LogP contribution < -0.4 is 4.74 Å². The molecule has 2 aromatic carbocycles. The summed E-state index contributed by atoms with van der Waals surface area (Å²) in [7, 11) is 4.15. The Hall–Kier alpha value is -2.58. The Morgan fingerprint density at radius 2 is 1.61 bits per heavy atom. The normalized spacial score (nSPS) is 15.9. The maximum Gasteiger partial charge on any atom is 0.416 e. The number of hydrogen-bond acceptors (Lipinski definition) is 4. The van der Waals surface area contributed by atoms with Gasteiger partial charge < -0.3 is 14.5 Å². The second-order valence-electron chi connectivity index (χ2n) is 9.84. The first-order valence-electron chi connectivity index (χ1n) is 12.6. The Bertz CT molecular complexity index is 1010. The molecule has 0 radical (unpaired) electrons. The van der Waals surface area contributed by atoms with Crippen LogP contribution >= 0.6 is 0 Å². The third-order valence-electron chi connectivity index (χ3n) is 7.10. The maximum atomic E-state index is 12.8. The summed E-state index contributed by atoms with van der Waals surface area (Å²) in [6.45, 7) is 10.7. The molecule has 8 heteroatoms. The molecule has 3 rings (SSSR count). The predicted molar refractivity (Wildman–Crippen MR) is 137 cm³/mol. The molecule has 1 amide bonds. The van der Waals surface area contributed by atoms with Crippen LogP contribution in [0.2, 0.25) is 0 Å². The van der Waals surface area contributed by atoms with Crippen LogP contribution in [0.1, 0.15) is 58.4 Å². The van der Waals surface area contributed by atoms with E-state index in [0.717, 1.165) is 42.8 Å². The van der Waals surface area contributed by atoms with E-state index in [0.29, 0.717) is 32.8 Å². The number of rotatable bonds is 9. The molecule has 0 aromatic heterocycles. The van der Waals surface area contributed by atoms with Gasteiger partial charge in [-0.1, -0.05) is 6.07 Å². The molecule has 0 N–H and O–H groups in total. The molecule has 1 fully saturated rings. The highest BCUT2D eigenvalue weighted by Crippen LogP contribution is 2.32. The topological polar surface area (TPSA) is 36.0 Å². The SMILES string of the molecule is Cc1c(OCCCCN(C)C)ccc(C(C)N2CCN(C(=O)c3ccc(C(F)(F)F)cc3)CC2)c1C. The standard InChI is InChI=1S/C28H38F3N3O2/c1-20-21(2)26(36-19-7-6-14-32(4)5)13-12-25(20)22(3)33-15-17-34(18-16-33)27(35)23-8-10-24(11-9-23)28(29,30)31/h8-13,22H,6-7,14-19H2,1-5H3. The number of piperazine rings is 1. The van der Waals surface area contributed by atoms with Crippen LogP contribution in [0.3, 0.4) is 0 Å². The van der Waals surface area contributed by atoms with Crippen molar-refractivity contribution < 1.29 is 22.7 Å². The Morgan fingerprint density at radius 1 is 0.972 bits per heavy atom. The van der Waals surface area contributed by atoms with Gasteiger partial charge in [-0.25, -0.2) is 0 Å². The molecular weight excluding hydrogens is 467 g/mol. The number of halogens is 3. The number of unbranched alkanes of at least 4 members (excludes halogenated alkanes) is 1. The molecule has 1 aliphatic heterocycles. The Kier molecular flexibility index (Phi) is 9.41. The molecule has 1 aliphatic rings. The van der Waals surface area contributed by atoms with Crippen molar-refractivity contribution in [1.29, 1.82) is 0 Å². The molecule has 1 saturated heterocycles. The lowest BCUT2D eigenvalue weighted by atomic mass is 9.96. The molecular formula is C28H38F3N3O2. The highest BCUT2D eigenvalue weighted by Gasteiger charge is 2.31. The minimum atomic E-state index is -4.41. The number of hydrogen-bond donors (Lipinski definition) is 0. The molecule has 0 aliphatic carbocycles. The van der Waals surface area contributed by atoms with Crippen molar-refractivity contribution in [2.45, 2.75) is 45.8 Å². The first-order valence-corrected chi connectivity index (χ1v) is 12.6. The van der Waals surface area contributed by atoms with Gasteiger partial charge in [0, 0.05) is 37.8 Å². The van der Waals surface area contributed by atoms with Gasteiger partial charge in [0.25, 0.3) is 5.91 Å². The number of alkyl halides is 3. The van der Waals surface area contributed by atoms with E-state index in [9.17, 15) is 18.0 Å². The molecule has 5 nitrogen and oxygen atoms in total. The van der Waals surface area contributed by atoms with E-state index in [4.69, 9.17) is 4.74 Å². The second kappa shape index (κ2) is 12.1. The van der Waals surface area contributed by atoms with Crippen molar-refractivity contribution in [1.82, 2.24) is 14.7 Å². The van der Waals surface area contributed by atoms with E-state index in [1.165, 1.54) is 23.3 Å². The smallest absolute Gasteiger partial charge is 0.416 e. The summed E-state index contributed by atoms with van der Waals surface area (Å²) in [5, 5.41) is 0. The fourth-order valence-electron chi connectivity index (χ4n) is 4.63. The van der Waals surface area contributed by atoms with Crippen molar-refractivity contribution in [3.8, 4) is 5.75 Å². The van der Waals surface area contributed by atoms with Crippen LogP contribution in [0.5, 0.6) is 5.75 Å². The van der Waals surface area contributed by atoms with E-state index in [2.05, 4.69) is 56.8 Å². The number of carbonyl (C=O) groups excluding carboxylic acids is 1. The summed E-state index contributed by atoms with van der Waals surface area (Å²) >= 11 is 0. The van der Waals surface area contributed by atoms with Crippen LogP contribution in [0.15, 0.2) is 36.4 Å². The lowest BCUT2D eigenvalue weighted by molar-refractivity contribution is -0.137. The summed E-state index contributed by atoms with van der Waals surface area (Å²) in [5.74, 6) is 0.704. The number of amides is 1. The van der Waals surface area contributed by atoms with Crippen LogP contribution in [-0.2, 0) is 6.18 Å². The van der Waals surface area contributed by atoms with Gasteiger partial charge >= 0.3 is 6.18 Å². The van der Waals surface area contributed by atoms with Gasteiger partial charge in [-0.3, -0.25) is 9.69 Å². The van der Waals surface area contributed by atoms with Gasteiger partial charge in [-0.2, -0.15) is 13.2 Å². The van der Waals surface area contributed by atoms with Crippen molar-refractivity contribution >= 4 is 5.91 Å². The van der Waals surface area contributed by atoms with Gasteiger partial charge in [-0.05, 0) is 101 Å². The summed E-state index contributed by atoms with van der Waals surface area (Å²) in [5.41, 5.74) is 3.16. The van der Waals surface area contributed by atoms with Crippen LogP contribution in [0.4, 0.5) is 13.2 Å². The zero-order chi connectivity index (χ0) is 26.5. The van der Waals surface area contributed by atoms with Crippen LogP contribution in [0.25, 0.3) is 0 Å². The summed E-state index contributed by atoms with van der Waals surface area (Å²) in [4.78, 5) is 19.1. The Labute approximate surface area is 212 Å². The first kappa shape index (κ1) is 28.0. The number of nitrogens with zero attached hydrogens (tertiary/aromatic N) is 3. The zero-order valence-corrected chi connectivity index (χ0v) is 22.0. The minimum Gasteiger partial charge on any atom is -0.493 e. The van der Waals surface area contributed by atoms with E-state index in [1.54, 1.807) is 4.90 Å². The third-order valence-corrected chi connectivity index (χ3v) is 7.10. The van der Waals surface area contributed by atoms with E-state index in [1.807, 2.05) is 0 Å². The molecule has 1 unspecified atom stereocenters. The molecule has 0 spiro atoms.